The Morgan fingerprint density at radius 1 is 1.23 bits per heavy atom. The minimum atomic E-state index is -0.414. The first-order valence-electron chi connectivity index (χ1n) is 6.85. The van der Waals surface area contributed by atoms with Crippen molar-refractivity contribution in [1.82, 2.24) is 0 Å². The van der Waals surface area contributed by atoms with E-state index in [-0.39, 0.29) is 5.63 Å². The van der Waals surface area contributed by atoms with Gasteiger partial charge in [-0.25, -0.2) is 4.79 Å². The standard InChI is InChI=1S/C17H13BrO4/c1-10(19)21-14-7-4-12-8-15(17(20)22-16(12)9-14)11-2-5-13(18)6-3-11/h2,4-5,7-9H,3,6H2,1H3. The van der Waals surface area contributed by atoms with Gasteiger partial charge in [0, 0.05) is 18.4 Å². The van der Waals surface area contributed by atoms with Crippen LogP contribution in [0.2, 0.25) is 0 Å². The summed E-state index contributed by atoms with van der Waals surface area (Å²) in [5.74, 6) is -0.0531. The summed E-state index contributed by atoms with van der Waals surface area (Å²) in [5, 5.41) is 0.792. The monoisotopic (exact) mass is 360 g/mol. The van der Waals surface area contributed by atoms with Crippen LogP contribution in [0.1, 0.15) is 25.3 Å². The summed E-state index contributed by atoms with van der Waals surface area (Å²) in [5.41, 5.74) is 1.55. The van der Waals surface area contributed by atoms with Gasteiger partial charge in [-0.05, 0) is 41.1 Å². The highest BCUT2D eigenvalue weighted by Gasteiger charge is 2.13. The number of halogens is 1. The van der Waals surface area contributed by atoms with Gasteiger partial charge in [-0.3, -0.25) is 4.79 Å². The predicted octanol–water partition coefficient (Wildman–Crippen LogP) is 4.17. The minimum Gasteiger partial charge on any atom is -0.427 e. The molecule has 0 radical (unpaired) electrons. The molecule has 0 fully saturated rings. The molecule has 0 saturated carbocycles. The van der Waals surface area contributed by atoms with Crippen molar-refractivity contribution in [2.75, 3.05) is 0 Å². The van der Waals surface area contributed by atoms with Crippen molar-refractivity contribution in [2.45, 2.75) is 19.8 Å². The second-order valence-corrected chi connectivity index (χ2v) is 6.06. The Balaban J connectivity index is 2.06. The third-order valence-corrected chi connectivity index (χ3v) is 4.07. The Labute approximate surface area is 135 Å². The van der Waals surface area contributed by atoms with Crippen LogP contribution in [0.4, 0.5) is 0 Å². The highest BCUT2D eigenvalue weighted by molar-refractivity contribution is 9.11. The van der Waals surface area contributed by atoms with E-state index in [9.17, 15) is 9.59 Å². The first-order valence-corrected chi connectivity index (χ1v) is 7.64. The van der Waals surface area contributed by atoms with Crippen LogP contribution < -0.4 is 10.4 Å². The van der Waals surface area contributed by atoms with Gasteiger partial charge in [-0.15, -0.1) is 0 Å². The second-order valence-electron chi connectivity index (χ2n) is 5.05. The zero-order chi connectivity index (χ0) is 15.7. The molecule has 1 aliphatic carbocycles. The van der Waals surface area contributed by atoms with Gasteiger partial charge < -0.3 is 9.15 Å². The van der Waals surface area contributed by atoms with Crippen molar-refractivity contribution < 1.29 is 13.9 Å². The summed E-state index contributed by atoms with van der Waals surface area (Å²) in [6.45, 7) is 1.32. The van der Waals surface area contributed by atoms with Gasteiger partial charge in [-0.2, -0.15) is 0 Å². The molecule has 4 nitrogen and oxygen atoms in total. The van der Waals surface area contributed by atoms with Crippen molar-refractivity contribution in [3.8, 4) is 5.75 Å². The van der Waals surface area contributed by atoms with Crippen LogP contribution in [0.3, 0.4) is 0 Å². The zero-order valence-corrected chi connectivity index (χ0v) is 13.5. The maximum absolute atomic E-state index is 12.2. The Hall–Kier alpha value is -2.14. The highest BCUT2D eigenvalue weighted by atomic mass is 79.9. The quantitative estimate of drug-likeness (QED) is 0.458. The fraction of sp³-hybridized carbons (Fsp3) is 0.176. The molecule has 22 heavy (non-hydrogen) atoms. The normalized spacial score (nSPS) is 14.5. The van der Waals surface area contributed by atoms with Crippen molar-refractivity contribution in [3.63, 3.8) is 0 Å². The van der Waals surface area contributed by atoms with Crippen molar-refractivity contribution in [2.24, 2.45) is 0 Å². The average molecular weight is 361 g/mol. The lowest BCUT2D eigenvalue weighted by molar-refractivity contribution is -0.131. The molecular formula is C17H13BrO4. The van der Waals surface area contributed by atoms with Crippen molar-refractivity contribution in [3.05, 3.63) is 56.9 Å². The number of esters is 1. The van der Waals surface area contributed by atoms with Crippen molar-refractivity contribution >= 4 is 38.4 Å². The molecule has 0 unspecified atom stereocenters. The minimum absolute atomic E-state index is 0.361. The van der Waals surface area contributed by atoms with Crippen LogP contribution in [0.15, 0.2) is 50.1 Å². The third kappa shape index (κ3) is 3.04. The molecule has 1 aliphatic rings. The molecule has 0 aliphatic heterocycles. The van der Waals surface area contributed by atoms with Gasteiger partial charge in [0.15, 0.2) is 0 Å². The van der Waals surface area contributed by atoms with Gasteiger partial charge in [0.2, 0.25) is 0 Å². The van der Waals surface area contributed by atoms with Crippen LogP contribution in [0, 0.1) is 0 Å². The SMILES string of the molecule is CC(=O)Oc1ccc2cc(C3=CC=C(Br)CC3)c(=O)oc2c1. The van der Waals surface area contributed by atoms with Gasteiger partial charge in [0.1, 0.15) is 11.3 Å². The van der Waals surface area contributed by atoms with Crippen LogP contribution in [0.5, 0.6) is 5.75 Å². The lowest BCUT2D eigenvalue weighted by Gasteiger charge is -2.11. The molecule has 0 saturated heterocycles. The smallest absolute Gasteiger partial charge is 0.343 e. The summed E-state index contributed by atoms with van der Waals surface area (Å²) < 4.78 is 11.5. The maximum atomic E-state index is 12.2. The van der Waals surface area contributed by atoms with Crippen LogP contribution in [-0.2, 0) is 4.79 Å². The third-order valence-electron chi connectivity index (χ3n) is 3.41. The van der Waals surface area contributed by atoms with Gasteiger partial charge >= 0.3 is 11.6 Å². The molecule has 3 rings (SSSR count). The number of hydrogen-bond acceptors (Lipinski definition) is 4. The van der Waals surface area contributed by atoms with E-state index in [1.165, 1.54) is 6.92 Å². The van der Waals surface area contributed by atoms with Gasteiger partial charge in [0.25, 0.3) is 0 Å². The number of benzene rings is 1. The van der Waals surface area contributed by atoms with E-state index in [2.05, 4.69) is 15.9 Å². The number of hydrogen-bond donors (Lipinski definition) is 0. The number of carbonyl (C=O) groups is 1. The highest BCUT2D eigenvalue weighted by Crippen LogP contribution is 2.29. The van der Waals surface area contributed by atoms with E-state index in [1.807, 2.05) is 18.2 Å². The summed E-state index contributed by atoms with van der Waals surface area (Å²) >= 11 is 3.45. The molecule has 0 bridgehead atoms. The number of carbonyl (C=O) groups excluding carboxylic acids is 1. The zero-order valence-electron chi connectivity index (χ0n) is 11.9. The Morgan fingerprint density at radius 3 is 2.73 bits per heavy atom. The van der Waals surface area contributed by atoms with E-state index in [0.717, 1.165) is 28.3 Å². The molecule has 1 aromatic carbocycles. The van der Waals surface area contributed by atoms with E-state index in [4.69, 9.17) is 9.15 Å². The molecule has 1 heterocycles. The topological polar surface area (TPSA) is 56.5 Å². The first kappa shape index (κ1) is 14.8. The maximum Gasteiger partial charge on any atom is 0.343 e. The van der Waals surface area contributed by atoms with Crippen LogP contribution >= 0.6 is 15.9 Å². The first-order chi connectivity index (χ1) is 10.5. The van der Waals surface area contributed by atoms with Crippen LogP contribution in [-0.4, -0.2) is 5.97 Å². The van der Waals surface area contributed by atoms with Gasteiger partial charge in [-0.1, -0.05) is 28.1 Å². The molecule has 0 spiro atoms. The molecule has 2 aromatic rings. The van der Waals surface area contributed by atoms with E-state index >= 15 is 0 Å². The van der Waals surface area contributed by atoms with Gasteiger partial charge in [0.05, 0.1) is 5.56 Å². The lowest BCUT2D eigenvalue weighted by Crippen LogP contribution is -2.08. The molecular weight excluding hydrogens is 348 g/mol. The van der Waals surface area contributed by atoms with E-state index in [1.54, 1.807) is 18.2 Å². The summed E-state index contributed by atoms with van der Waals surface area (Å²) in [4.78, 5) is 23.2. The second kappa shape index (κ2) is 5.93. The van der Waals surface area contributed by atoms with E-state index < -0.39 is 5.97 Å². The largest absolute Gasteiger partial charge is 0.427 e. The molecule has 0 amide bonds. The lowest BCUT2D eigenvalue weighted by atomic mass is 9.98. The molecule has 0 N–H and O–H groups in total. The molecule has 0 atom stereocenters. The summed E-state index contributed by atoms with van der Waals surface area (Å²) in [6, 6.07) is 6.82. The average Bonchev–Trinajstić information content (AvgIpc) is 2.47. The number of rotatable bonds is 2. The van der Waals surface area contributed by atoms with Crippen LogP contribution in [0.25, 0.3) is 16.5 Å². The number of allylic oxidation sites excluding steroid dienone is 4. The Bertz CT molecular complexity index is 874. The predicted molar refractivity (Wildman–Crippen MR) is 88.0 cm³/mol. The fourth-order valence-corrected chi connectivity index (χ4v) is 2.71. The summed E-state index contributed by atoms with van der Waals surface area (Å²) in [6.07, 6.45) is 5.54. The Morgan fingerprint density at radius 2 is 2.05 bits per heavy atom. The molecule has 5 heteroatoms. The molecule has 112 valence electrons. The summed E-state index contributed by atoms with van der Waals surface area (Å²) in [7, 11) is 0. The van der Waals surface area contributed by atoms with Crippen molar-refractivity contribution in [1.29, 1.82) is 0 Å². The number of fused-ring (bicyclic) bond motifs is 1. The molecule has 1 aromatic heterocycles. The Kier molecular flexibility index (Phi) is 3.98. The van der Waals surface area contributed by atoms with E-state index in [0.29, 0.717) is 16.9 Å². The number of ether oxygens (including phenoxy) is 1. The fourth-order valence-electron chi connectivity index (χ4n) is 2.38.